The maximum atomic E-state index is 10.4. The molecule has 3 rings (SSSR count). The second-order valence-corrected chi connectivity index (χ2v) is 5.26. The van der Waals surface area contributed by atoms with Crippen LogP contribution in [0.4, 0.5) is 0 Å². The lowest BCUT2D eigenvalue weighted by atomic mass is 10.0. The molecular formula is C18H18N2O. The van der Waals surface area contributed by atoms with Gasteiger partial charge in [-0.15, -0.1) is 0 Å². The molecule has 0 bridgehead atoms. The Labute approximate surface area is 124 Å². The van der Waals surface area contributed by atoms with Gasteiger partial charge in [-0.2, -0.15) is 5.10 Å². The number of para-hydroxylation sites is 1. The number of benzene rings is 2. The number of hydrogen-bond acceptors (Lipinski definition) is 2. The highest BCUT2D eigenvalue weighted by Gasteiger charge is 2.11. The van der Waals surface area contributed by atoms with Gasteiger partial charge in [-0.1, -0.05) is 48.0 Å². The van der Waals surface area contributed by atoms with Crippen LogP contribution < -0.4 is 0 Å². The number of aliphatic hydroxyl groups is 1. The molecule has 0 aliphatic heterocycles. The predicted molar refractivity (Wildman–Crippen MR) is 83.4 cm³/mol. The van der Waals surface area contributed by atoms with Crippen LogP contribution in [0.3, 0.4) is 0 Å². The average Bonchev–Trinajstić information content (AvgIpc) is 2.98. The van der Waals surface area contributed by atoms with Crippen LogP contribution in [0, 0.1) is 6.92 Å². The Bertz CT molecular complexity index is 719. The first-order valence-electron chi connectivity index (χ1n) is 7.06. The Balaban J connectivity index is 1.77. The Hall–Kier alpha value is -2.39. The van der Waals surface area contributed by atoms with Crippen LogP contribution in [-0.4, -0.2) is 14.9 Å². The van der Waals surface area contributed by atoms with E-state index in [1.54, 1.807) is 10.9 Å². The Morgan fingerprint density at radius 3 is 2.67 bits per heavy atom. The molecule has 0 fully saturated rings. The summed E-state index contributed by atoms with van der Waals surface area (Å²) in [6, 6.07) is 18.1. The van der Waals surface area contributed by atoms with Crippen LogP contribution in [0.1, 0.15) is 22.8 Å². The molecule has 1 N–H and O–H groups in total. The van der Waals surface area contributed by atoms with E-state index in [1.165, 1.54) is 5.56 Å². The summed E-state index contributed by atoms with van der Waals surface area (Å²) in [5, 5.41) is 14.7. The maximum absolute atomic E-state index is 10.4. The number of nitrogens with zero attached hydrogens (tertiary/aromatic N) is 2. The van der Waals surface area contributed by atoms with Gasteiger partial charge < -0.3 is 5.11 Å². The summed E-state index contributed by atoms with van der Waals surface area (Å²) in [5.74, 6) is 0. The molecule has 2 aromatic carbocycles. The third-order valence-corrected chi connectivity index (χ3v) is 3.52. The molecule has 0 spiro atoms. The molecule has 0 aliphatic rings. The lowest BCUT2D eigenvalue weighted by Crippen LogP contribution is -2.01. The summed E-state index contributed by atoms with van der Waals surface area (Å²) in [7, 11) is 0. The van der Waals surface area contributed by atoms with Crippen LogP contribution in [-0.2, 0) is 6.42 Å². The number of aliphatic hydroxyl groups excluding tert-OH is 1. The van der Waals surface area contributed by atoms with E-state index in [0.29, 0.717) is 6.42 Å². The second-order valence-electron chi connectivity index (χ2n) is 5.26. The third kappa shape index (κ3) is 3.20. The normalized spacial score (nSPS) is 12.3. The van der Waals surface area contributed by atoms with Crippen LogP contribution in [0.5, 0.6) is 0 Å². The van der Waals surface area contributed by atoms with Gasteiger partial charge in [-0.05, 0) is 24.6 Å². The fourth-order valence-corrected chi connectivity index (χ4v) is 2.41. The fraction of sp³-hybridized carbons (Fsp3) is 0.167. The van der Waals surface area contributed by atoms with Crippen molar-refractivity contribution in [2.75, 3.05) is 0 Å². The first kappa shape index (κ1) is 13.6. The molecule has 3 heteroatoms. The molecule has 3 aromatic rings. The number of rotatable bonds is 4. The first-order chi connectivity index (χ1) is 10.2. The van der Waals surface area contributed by atoms with Gasteiger partial charge in [-0.25, -0.2) is 4.68 Å². The van der Waals surface area contributed by atoms with Crippen molar-refractivity contribution >= 4 is 0 Å². The smallest absolute Gasteiger partial charge is 0.0860 e. The molecule has 1 atom stereocenters. The molecule has 0 aliphatic carbocycles. The molecule has 0 amide bonds. The molecule has 1 heterocycles. The SMILES string of the molecule is Cc1cccc(CC(O)c2cnn(-c3ccccc3)c2)c1. The second kappa shape index (κ2) is 5.94. The summed E-state index contributed by atoms with van der Waals surface area (Å²) in [5.41, 5.74) is 4.17. The number of aryl methyl sites for hydroxylation is 1. The van der Waals surface area contributed by atoms with E-state index in [0.717, 1.165) is 16.8 Å². The lowest BCUT2D eigenvalue weighted by Gasteiger charge is -2.09. The van der Waals surface area contributed by atoms with Crippen LogP contribution in [0.15, 0.2) is 67.0 Å². The van der Waals surface area contributed by atoms with Gasteiger partial charge in [-0.3, -0.25) is 0 Å². The number of aromatic nitrogens is 2. The van der Waals surface area contributed by atoms with Crippen molar-refractivity contribution in [1.29, 1.82) is 0 Å². The van der Waals surface area contributed by atoms with E-state index in [1.807, 2.05) is 48.7 Å². The zero-order valence-electron chi connectivity index (χ0n) is 12.0. The zero-order valence-corrected chi connectivity index (χ0v) is 12.0. The molecule has 21 heavy (non-hydrogen) atoms. The highest BCUT2D eigenvalue weighted by Crippen LogP contribution is 2.19. The molecule has 0 saturated heterocycles. The van der Waals surface area contributed by atoms with Crippen LogP contribution in [0.25, 0.3) is 5.69 Å². The van der Waals surface area contributed by atoms with Crippen LogP contribution >= 0.6 is 0 Å². The monoisotopic (exact) mass is 278 g/mol. The molecule has 0 radical (unpaired) electrons. The van der Waals surface area contributed by atoms with Gasteiger partial charge in [0.1, 0.15) is 0 Å². The van der Waals surface area contributed by atoms with Crippen molar-refractivity contribution in [3.63, 3.8) is 0 Å². The van der Waals surface area contributed by atoms with E-state index in [4.69, 9.17) is 0 Å². The average molecular weight is 278 g/mol. The van der Waals surface area contributed by atoms with Crippen molar-refractivity contribution < 1.29 is 5.11 Å². The molecular weight excluding hydrogens is 260 g/mol. The van der Waals surface area contributed by atoms with E-state index >= 15 is 0 Å². The van der Waals surface area contributed by atoms with Gasteiger partial charge in [0, 0.05) is 18.2 Å². The van der Waals surface area contributed by atoms with Crippen molar-refractivity contribution in [1.82, 2.24) is 9.78 Å². The quantitative estimate of drug-likeness (QED) is 0.793. The third-order valence-electron chi connectivity index (χ3n) is 3.52. The van der Waals surface area contributed by atoms with Crippen LogP contribution in [0.2, 0.25) is 0 Å². The van der Waals surface area contributed by atoms with E-state index in [-0.39, 0.29) is 0 Å². The van der Waals surface area contributed by atoms with E-state index in [9.17, 15) is 5.11 Å². The van der Waals surface area contributed by atoms with Gasteiger partial charge in [0.2, 0.25) is 0 Å². The van der Waals surface area contributed by atoms with Crippen molar-refractivity contribution in [2.24, 2.45) is 0 Å². The number of hydrogen-bond donors (Lipinski definition) is 1. The van der Waals surface area contributed by atoms with Crippen molar-refractivity contribution in [3.8, 4) is 5.69 Å². The lowest BCUT2D eigenvalue weighted by molar-refractivity contribution is 0.178. The maximum Gasteiger partial charge on any atom is 0.0860 e. The molecule has 1 unspecified atom stereocenters. The highest BCUT2D eigenvalue weighted by atomic mass is 16.3. The highest BCUT2D eigenvalue weighted by molar-refractivity contribution is 5.31. The van der Waals surface area contributed by atoms with Crippen molar-refractivity contribution in [2.45, 2.75) is 19.4 Å². The summed E-state index contributed by atoms with van der Waals surface area (Å²) < 4.78 is 1.79. The van der Waals surface area contributed by atoms with Gasteiger partial charge in [0.25, 0.3) is 0 Å². The molecule has 0 saturated carbocycles. The first-order valence-corrected chi connectivity index (χ1v) is 7.06. The summed E-state index contributed by atoms with van der Waals surface area (Å²) in [6.07, 6.45) is 3.68. The van der Waals surface area contributed by atoms with Gasteiger partial charge in [0.05, 0.1) is 18.0 Å². The Morgan fingerprint density at radius 1 is 1.10 bits per heavy atom. The summed E-state index contributed by atoms with van der Waals surface area (Å²) >= 11 is 0. The summed E-state index contributed by atoms with van der Waals surface area (Å²) in [6.45, 7) is 2.06. The zero-order chi connectivity index (χ0) is 14.7. The topological polar surface area (TPSA) is 38.1 Å². The molecule has 3 nitrogen and oxygen atoms in total. The van der Waals surface area contributed by atoms with E-state index < -0.39 is 6.10 Å². The minimum Gasteiger partial charge on any atom is -0.388 e. The largest absolute Gasteiger partial charge is 0.388 e. The Kier molecular flexibility index (Phi) is 3.84. The molecule has 106 valence electrons. The Morgan fingerprint density at radius 2 is 1.90 bits per heavy atom. The fourth-order valence-electron chi connectivity index (χ4n) is 2.41. The van der Waals surface area contributed by atoms with Gasteiger partial charge >= 0.3 is 0 Å². The predicted octanol–water partition coefficient (Wildman–Crippen LogP) is 3.46. The van der Waals surface area contributed by atoms with Crippen molar-refractivity contribution in [3.05, 3.63) is 83.7 Å². The minimum absolute atomic E-state index is 0.538. The summed E-state index contributed by atoms with van der Waals surface area (Å²) in [4.78, 5) is 0. The standard InChI is InChI=1S/C18H18N2O/c1-14-6-5-7-15(10-14)11-18(21)16-12-19-20(13-16)17-8-3-2-4-9-17/h2-10,12-13,18,21H,11H2,1H3. The van der Waals surface area contributed by atoms with Gasteiger partial charge in [0.15, 0.2) is 0 Å². The minimum atomic E-state index is -0.538. The molecule has 1 aromatic heterocycles. The van der Waals surface area contributed by atoms with E-state index in [2.05, 4.69) is 24.2 Å².